The number of amides is 2. The van der Waals surface area contributed by atoms with E-state index in [1.54, 1.807) is 39.0 Å². The fourth-order valence-electron chi connectivity index (χ4n) is 4.37. The lowest BCUT2D eigenvalue weighted by molar-refractivity contribution is -0.133. The minimum atomic E-state index is -1.04. The molecule has 1 N–H and O–H groups in total. The summed E-state index contributed by atoms with van der Waals surface area (Å²) >= 11 is 0. The third-order valence-electron chi connectivity index (χ3n) is 6.17. The third-order valence-corrected chi connectivity index (χ3v) is 6.17. The molecule has 38 heavy (non-hydrogen) atoms. The average molecular weight is 521 g/mol. The highest BCUT2D eigenvalue weighted by Gasteiger charge is 2.31. The standard InChI is InChI=1S/C28H29FN4O5/c1-28(2,3)38-27(35)33-7-4-8-36-25(15-33)26(34)32-20(14-31)10-18-11-24-22(12-23(18)29)21-6-5-17(13-30)9-19(21)16-37-24/h5-6,9,11-12,20,25H,4,7-8,10,15-16H2,1-3H3,(H,32,34)/t20-,25-/m0/s1. The minimum Gasteiger partial charge on any atom is -0.488 e. The summed E-state index contributed by atoms with van der Waals surface area (Å²) < 4.78 is 32.0. The molecule has 198 valence electrons. The van der Waals surface area contributed by atoms with Gasteiger partial charge in [0.05, 0.1) is 24.2 Å². The van der Waals surface area contributed by atoms with Crippen LogP contribution in [0.3, 0.4) is 0 Å². The second-order valence-corrected chi connectivity index (χ2v) is 10.2. The molecule has 2 aliphatic rings. The van der Waals surface area contributed by atoms with Gasteiger partial charge in [-0.1, -0.05) is 6.07 Å². The van der Waals surface area contributed by atoms with Gasteiger partial charge in [0, 0.05) is 25.1 Å². The molecule has 2 atom stereocenters. The van der Waals surface area contributed by atoms with Crippen molar-refractivity contribution in [2.24, 2.45) is 0 Å². The zero-order valence-corrected chi connectivity index (χ0v) is 21.5. The van der Waals surface area contributed by atoms with Crippen molar-refractivity contribution in [2.45, 2.75) is 58.0 Å². The number of hydrogen-bond acceptors (Lipinski definition) is 7. The molecule has 0 saturated carbocycles. The molecule has 2 heterocycles. The Morgan fingerprint density at radius 3 is 2.74 bits per heavy atom. The maximum Gasteiger partial charge on any atom is 0.410 e. The number of nitrogens with zero attached hydrogens (tertiary/aromatic N) is 3. The lowest BCUT2D eigenvalue weighted by Gasteiger charge is -2.28. The van der Waals surface area contributed by atoms with Crippen molar-refractivity contribution >= 4 is 12.0 Å². The highest BCUT2D eigenvalue weighted by molar-refractivity contribution is 5.82. The van der Waals surface area contributed by atoms with Crippen LogP contribution in [-0.4, -0.2) is 54.3 Å². The summed E-state index contributed by atoms with van der Waals surface area (Å²) in [4.78, 5) is 26.9. The predicted octanol–water partition coefficient (Wildman–Crippen LogP) is 3.83. The number of nitriles is 2. The first-order chi connectivity index (χ1) is 18.1. The average Bonchev–Trinajstić information content (AvgIpc) is 3.14. The van der Waals surface area contributed by atoms with Crippen molar-refractivity contribution in [3.05, 3.63) is 52.8 Å². The molecule has 0 radical (unpaired) electrons. The van der Waals surface area contributed by atoms with Gasteiger partial charge in [-0.15, -0.1) is 0 Å². The van der Waals surface area contributed by atoms with Crippen LogP contribution in [-0.2, 0) is 27.3 Å². The summed E-state index contributed by atoms with van der Waals surface area (Å²) in [5, 5.41) is 21.4. The molecule has 2 amide bonds. The Labute approximate surface area is 220 Å². The van der Waals surface area contributed by atoms with Crippen molar-refractivity contribution in [2.75, 3.05) is 19.7 Å². The number of halogens is 1. The zero-order chi connectivity index (χ0) is 27.4. The Morgan fingerprint density at radius 1 is 1.24 bits per heavy atom. The van der Waals surface area contributed by atoms with Crippen LogP contribution in [0.2, 0.25) is 0 Å². The SMILES string of the molecule is CC(C)(C)OC(=O)N1CCCO[C@H](C(=O)N[C@H](C#N)Cc2cc3c(cc2F)-c2ccc(C#N)cc2CO3)C1. The lowest BCUT2D eigenvalue weighted by atomic mass is 9.93. The monoisotopic (exact) mass is 520 g/mol. The van der Waals surface area contributed by atoms with Crippen LogP contribution in [0.15, 0.2) is 30.3 Å². The summed E-state index contributed by atoms with van der Waals surface area (Å²) in [5.74, 6) is -0.647. The van der Waals surface area contributed by atoms with E-state index in [0.29, 0.717) is 29.8 Å². The summed E-state index contributed by atoms with van der Waals surface area (Å²) in [5.41, 5.74) is 2.15. The van der Waals surface area contributed by atoms with E-state index in [-0.39, 0.29) is 31.7 Å². The normalized spacial score (nSPS) is 17.4. The number of fused-ring (bicyclic) bond motifs is 3. The number of carbonyl (C=O) groups excluding carboxylic acids is 2. The van der Waals surface area contributed by atoms with Crippen LogP contribution < -0.4 is 10.1 Å². The number of nitrogens with one attached hydrogen (secondary N) is 1. The second kappa shape index (κ2) is 11.1. The first-order valence-electron chi connectivity index (χ1n) is 12.4. The highest BCUT2D eigenvalue weighted by Crippen LogP contribution is 2.39. The van der Waals surface area contributed by atoms with Gasteiger partial charge >= 0.3 is 6.09 Å². The molecule has 1 fully saturated rings. The minimum absolute atomic E-state index is 0.0210. The Bertz CT molecular complexity index is 1320. The number of hydrogen-bond donors (Lipinski definition) is 1. The first kappa shape index (κ1) is 26.9. The van der Waals surface area contributed by atoms with E-state index in [9.17, 15) is 14.9 Å². The van der Waals surface area contributed by atoms with Crippen LogP contribution in [0.25, 0.3) is 11.1 Å². The van der Waals surface area contributed by atoms with Gasteiger partial charge in [-0.25, -0.2) is 9.18 Å². The third kappa shape index (κ3) is 6.21. The molecule has 0 unspecified atom stereocenters. The van der Waals surface area contributed by atoms with Gasteiger partial charge in [0.15, 0.2) is 6.10 Å². The largest absolute Gasteiger partial charge is 0.488 e. The molecule has 4 rings (SSSR count). The molecule has 0 spiro atoms. The van der Waals surface area contributed by atoms with Gasteiger partial charge < -0.3 is 24.4 Å². The van der Waals surface area contributed by atoms with Crippen molar-refractivity contribution in [3.8, 4) is 29.0 Å². The smallest absolute Gasteiger partial charge is 0.410 e. The fraction of sp³-hybridized carbons (Fsp3) is 0.429. The van der Waals surface area contributed by atoms with Crippen LogP contribution in [0.1, 0.15) is 43.9 Å². The van der Waals surface area contributed by atoms with E-state index >= 15 is 4.39 Å². The molecule has 2 aromatic carbocycles. The van der Waals surface area contributed by atoms with Gasteiger partial charge in [-0.2, -0.15) is 10.5 Å². The summed E-state index contributed by atoms with van der Waals surface area (Å²) in [6.07, 6.45) is -1.09. The molecular weight excluding hydrogens is 491 g/mol. The second-order valence-electron chi connectivity index (χ2n) is 10.2. The number of ether oxygens (including phenoxy) is 3. The highest BCUT2D eigenvalue weighted by atomic mass is 19.1. The van der Waals surface area contributed by atoms with Crippen LogP contribution >= 0.6 is 0 Å². The number of carbonyl (C=O) groups is 2. The van der Waals surface area contributed by atoms with Gasteiger partial charge in [0.2, 0.25) is 0 Å². The van der Waals surface area contributed by atoms with Crippen LogP contribution in [0.4, 0.5) is 9.18 Å². The van der Waals surface area contributed by atoms with Crippen molar-refractivity contribution in [3.63, 3.8) is 0 Å². The maximum atomic E-state index is 15.1. The molecule has 0 aliphatic carbocycles. The van der Waals surface area contributed by atoms with Gasteiger partial charge in [0.1, 0.15) is 29.8 Å². The van der Waals surface area contributed by atoms with Gasteiger partial charge in [0.25, 0.3) is 5.91 Å². The Kier molecular flexibility index (Phi) is 7.84. The van der Waals surface area contributed by atoms with E-state index in [1.807, 2.05) is 6.07 Å². The summed E-state index contributed by atoms with van der Waals surface area (Å²) in [6.45, 7) is 6.13. The van der Waals surface area contributed by atoms with Gasteiger partial charge in [-0.3, -0.25) is 4.79 Å². The Morgan fingerprint density at radius 2 is 2.03 bits per heavy atom. The zero-order valence-electron chi connectivity index (χ0n) is 21.5. The quantitative estimate of drug-likeness (QED) is 0.650. The van der Waals surface area contributed by atoms with E-state index in [4.69, 9.17) is 19.5 Å². The van der Waals surface area contributed by atoms with Crippen LogP contribution in [0, 0.1) is 28.5 Å². The number of rotatable bonds is 4. The molecular formula is C28H29FN4O5. The summed E-state index contributed by atoms with van der Waals surface area (Å²) in [6, 6.07) is 11.1. The van der Waals surface area contributed by atoms with E-state index in [0.717, 1.165) is 11.1 Å². The Hall–Kier alpha value is -4.15. The first-order valence-corrected chi connectivity index (χ1v) is 12.4. The van der Waals surface area contributed by atoms with Crippen molar-refractivity contribution < 1.29 is 28.2 Å². The van der Waals surface area contributed by atoms with Crippen molar-refractivity contribution in [1.82, 2.24) is 10.2 Å². The van der Waals surface area contributed by atoms with Gasteiger partial charge in [-0.05, 0) is 68.1 Å². The van der Waals surface area contributed by atoms with E-state index in [2.05, 4.69) is 11.4 Å². The van der Waals surface area contributed by atoms with Crippen molar-refractivity contribution in [1.29, 1.82) is 10.5 Å². The summed E-state index contributed by atoms with van der Waals surface area (Å²) in [7, 11) is 0. The molecule has 9 nitrogen and oxygen atoms in total. The molecule has 10 heteroatoms. The fourth-order valence-corrected chi connectivity index (χ4v) is 4.37. The molecule has 0 bridgehead atoms. The topological polar surface area (TPSA) is 125 Å². The van der Waals surface area contributed by atoms with Crippen LogP contribution in [0.5, 0.6) is 5.75 Å². The lowest BCUT2D eigenvalue weighted by Crippen LogP contribution is -2.48. The molecule has 2 aliphatic heterocycles. The molecule has 2 aromatic rings. The molecule has 1 saturated heterocycles. The number of benzene rings is 2. The predicted molar refractivity (Wildman–Crippen MR) is 134 cm³/mol. The molecule has 0 aromatic heterocycles. The maximum absolute atomic E-state index is 15.1. The van der Waals surface area contributed by atoms with E-state index in [1.165, 1.54) is 17.0 Å². The van der Waals surface area contributed by atoms with E-state index < -0.39 is 35.6 Å². The Balaban J connectivity index is 1.45.